The Morgan fingerprint density at radius 1 is 1.50 bits per heavy atom. The third-order valence-corrected chi connectivity index (χ3v) is 3.24. The largest absolute Gasteiger partial charge is 0.270 e. The molecule has 0 unspecified atom stereocenters. The molecule has 0 aliphatic carbocycles. The van der Waals surface area contributed by atoms with Crippen LogP contribution >= 0.6 is 11.3 Å². The van der Waals surface area contributed by atoms with Crippen molar-refractivity contribution in [2.45, 2.75) is 13.3 Å². The van der Waals surface area contributed by atoms with E-state index in [1.165, 1.54) is 5.56 Å². The number of nitro benzene ring substituents is 1. The summed E-state index contributed by atoms with van der Waals surface area (Å²) in [6.45, 7) is 2.06. The molecule has 0 saturated heterocycles. The van der Waals surface area contributed by atoms with Gasteiger partial charge in [-0.15, -0.1) is 11.3 Å². The summed E-state index contributed by atoms with van der Waals surface area (Å²) in [5.74, 6) is 0. The first kappa shape index (κ1) is 9.15. The highest BCUT2D eigenvalue weighted by Gasteiger charge is 2.09. The van der Waals surface area contributed by atoms with Gasteiger partial charge in [0.05, 0.1) is 4.92 Å². The highest BCUT2D eigenvalue weighted by atomic mass is 32.1. The second kappa shape index (κ2) is 3.38. The number of non-ortho nitro benzene ring substituents is 1. The van der Waals surface area contributed by atoms with Crippen LogP contribution < -0.4 is 0 Å². The zero-order valence-electron chi connectivity index (χ0n) is 7.69. The molecule has 0 spiro atoms. The number of rotatable bonds is 2. The van der Waals surface area contributed by atoms with E-state index in [1.54, 1.807) is 23.5 Å². The molecule has 0 saturated carbocycles. The second-order valence-electron chi connectivity index (χ2n) is 3.05. The topological polar surface area (TPSA) is 43.1 Å². The monoisotopic (exact) mass is 207 g/mol. The van der Waals surface area contributed by atoms with Crippen molar-refractivity contribution < 1.29 is 4.92 Å². The Balaban J connectivity index is 2.67. The van der Waals surface area contributed by atoms with Gasteiger partial charge in [0, 0.05) is 22.2 Å². The summed E-state index contributed by atoms with van der Waals surface area (Å²) in [5, 5.41) is 13.7. The molecule has 2 rings (SSSR count). The summed E-state index contributed by atoms with van der Waals surface area (Å²) in [6.07, 6.45) is 0.918. The Labute approximate surface area is 85.1 Å². The summed E-state index contributed by atoms with van der Waals surface area (Å²) in [4.78, 5) is 10.2. The lowest BCUT2D eigenvalue weighted by atomic mass is 10.1. The second-order valence-corrected chi connectivity index (χ2v) is 3.96. The van der Waals surface area contributed by atoms with Gasteiger partial charge in [-0.05, 0) is 23.4 Å². The quantitative estimate of drug-likeness (QED) is 0.559. The Morgan fingerprint density at radius 2 is 2.29 bits per heavy atom. The molecule has 0 fully saturated rings. The van der Waals surface area contributed by atoms with Gasteiger partial charge < -0.3 is 0 Å². The fourth-order valence-corrected chi connectivity index (χ4v) is 2.48. The van der Waals surface area contributed by atoms with Gasteiger partial charge in [-0.1, -0.05) is 6.92 Å². The molecule has 1 heterocycles. The van der Waals surface area contributed by atoms with Crippen molar-refractivity contribution >= 4 is 27.1 Å². The molecule has 0 aliphatic rings. The van der Waals surface area contributed by atoms with Crippen LogP contribution in [0, 0.1) is 10.1 Å². The molecular weight excluding hydrogens is 198 g/mol. The van der Waals surface area contributed by atoms with E-state index in [2.05, 4.69) is 12.3 Å². The minimum Gasteiger partial charge on any atom is -0.258 e. The van der Waals surface area contributed by atoms with Crippen LogP contribution in [-0.4, -0.2) is 4.92 Å². The number of thiophene rings is 1. The van der Waals surface area contributed by atoms with E-state index in [0.717, 1.165) is 16.5 Å². The third-order valence-electron chi connectivity index (χ3n) is 2.23. The molecule has 14 heavy (non-hydrogen) atoms. The number of nitrogens with zero attached hydrogens (tertiary/aromatic N) is 1. The SMILES string of the molecule is CCc1csc2ccc([N+](=O)[O-])cc12. The van der Waals surface area contributed by atoms with Gasteiger partial charge >= 0.3 is 0 Å². The van der Waals surface area contributed by atoms with E-state index in [9.17, 15) is 10.1 Å². The van der Waals surface area contributed by atoms with E-state index < -0.39 is 0 Å². The van der Waals surface area contributed by atoms with Crippen LogP contribution in [0.3, 0.4) is 0 Å². The lowest BCUT2D eigenvalue weighted by molar-refractivity contribution is -0.384. The van der Waals surface area contributed by atoms with Gasteiger partial charge in [0.15, 0.2) is 0 Å². The number of hydrogen-bond donors (Lipinski definition) is 0. The molecule has 0 aliphatic heterocycles. The first-order valence-electron chi connectivity index (χ1n) is 4.37. The van der Waals surface area contributed by atoms with Crippen LogP contribution in [0.2, 0.25) is 0 Å². The molecule has 3 nitrogen and oxygen atoms in total. The highest BCUT2D eigenvalue weighted by molar-refractivity contribution is 7.17. The van der Waals surface area contributed by atoms with E-state index in [1.807, 2.05) is 6.07 Å². The van der Waals surface area contributed by atoms with Crippen molar-refractivity contribution in [1.82, 2.24) is 0 Å². The standard InChI is InChI=1S/C10H9NO2S/c1-2-7-6-14-10-4-3-8(11(12)13)5-9(7)10/h3-6H,2H2,1H3. The number of hydrogen-bond acceptors (Lipinski definition) is 3. The van der Waals surface area contributed by atoms with Crippen molar-refractivity contribution in [1.29, 1.82) is 0 Å². The Morgan fingerprint density at radius 3 is 2.93 bits per heavy atom. The predicted molar refractivity (Wildman–Crippen MR) is 57.9 cm³/mol. The molecule has 0 atom stereocenters. The Bertz CT molecular complexity index is 490. The van der Waals surface area contributed by atoms with Crippen molar-refractivity contribution in [2.24, 2.45) is 0 Å². The van der Waals surface area contributed by atoms with Crippen LogP contribution in [-0.2, 0) is 6.42 Å². The van der Waals surface area contributed by atoms with Gasteiger partial charge in [0.2, 0.25) is 0 Å². The van der Waals surface area contributed by atoms with E-state index in [4.69, 9.17) is 0 Å². The molecule has 0 N–H and O–H groups in total. The van der Waals surface area contributed by atoms with Crippen molar-refractivity contribution in [3.05, 3.63) is 39.3 Å². The zero-order valence-corrected chi connectivity index (χ0v) is 8.50. The fraction of sp³-hybridized carbons (Fsp3) is 0.200. The first-order valence-corrected chi connectivity index (χ1v) is 5.25. The number of aryl methyl sites for hydroxylation is 1. The summed E-state index contributed by atoms with van der Waals surface area (Å²) >= 11 is 1.64. The van der Waals surface area contributed by atoms with Gasteiger partial charge in [-0.3, -0.25) is 10.1 Å². The van der Waals surface area contributed by atoms with Crippen molar-refractivity contribution in [2.75, 3.05) is 0 Å². The number of benzene rings is 1. The molecule has 0 amide bonds. The summed E-state index contributed by atoms with van der Waals surface area (Å²) in [5.41, 5.74) is 1.36. The fourth-order valence-electron chi connectivity index (χ4n) is 1.46. The Kier molecular flexibility index (Phi) is 2.21. The maximum atomic E-state index is 10.6. The van der Waals surface area contributed by atoms with Crippen molar-refractivity contribution in [3.8, 4) is 0 Å². The van der Waals surface area contributed by atoms with E-state index in [-0.39, 0.29) is 10.6 Å². The molecule has 1 aromatic carbocycles. The first-order chi connectivity index (χ1) is 6.72. The average Bonchev–Trinajstić information content (AvgIpc) is 2.59. The normalized spacial score (nSPS) is 10.6. The maximum absolute atomic E-state index is 10.6. The lowest BCUT2D eigenvalue weighted by Crippen LogP contribution is -1.86. The average molecular weight is 207 g/mol. The smallest absolute Gasteiger partial charge is 0.258 e. The third kappa shape index (κ3) is 1.37. The van der Waals surface area contributed by atoms with Crippen LogP contribution in [0.25, 0.3) is 10.1 Å². The zero-order chi connectivity index (χ0) is 10.1. The summed E-state index contributed by atoms with van der Waals surface area (Å²) in [6, 6.07) is 5.03. The number of fused-ring (bicyclic) bond motifs is 1. The molecule has 1 aromatic heterocycles. The molecule has 4 heteroatoms. The maximum Gasteiger partial charge on any atom is 0.270 e. The molecule has 0 bridgehead atoms. The van der Waals surface area contributed by atoms with Crippen LogP contribution in [0.5, 0.6) is 0 Å². The predicted octanol–water partition coefficient (Wildman–Crippen LogP) is 3.37. The molecule has 0 radical (unpaired) electrons. The van der Waals surface area contributed by atoms with Gasteiger partial charge in [0.1, 0.15) is 0 Å². The van der Waals surface area contributed by atoms with Crippen molar-refractivity contribution in [3.63, 3.8) is 0 Å². The lowest BCUT2D eigenvalue weighted by Gasteiger charge is -1.94. The Hall–Kier alpha value is -1.42. The molecular formula is C10H9NO2S. The minimum absolute atomic E-state index is 0.172. The summed E-state index contributed by atoms with van der Waals surface area (Å²) in [7, 11) is 0. The van der Waals surface area contributed by atoms with Crippen LogP contribution in [0.1, 0.15) is 12.5 Å². The molecule has 2 aromatic rings. The summed E-state index contributed by atoms with van der Waals surface area (Å²) < 4.78 is 1.12. The minimum atomic E-state index is -0.351. The van der Waals surface area contributed by atoms with Gasteiger partial charge in [-0.2, -0.15) is 0 Å². The van der Waals surface area contributed by atoms with Gasteiger partial charge in [-0.25, -0.2) is 0 Å². The van der Waals surface area contributed by atoms with E-state index in [0.29, 0.717) is 0 Å². The van der Waals surface area contributed by atoms with Gasteiger partial charge in [0.25, 0.3) is 5.69 Å². The van der Waals surface area contributed by atoms with Crippen LogP contribution in [0.15, 0.2) is 23.6 Å². The molecule has 72 valence electrons. The highest BCUT2D eigenvalue weighted by Crippen LogP contribution is 2.29. The van der Waals surface area contributed by atoms with E-state index >= 15 is 0 Å². The number of nitro groups is 1. The van der Waals surface area contributed by atoms with Crippen LogP contribution in [0.4, 0.5) is 5.69 Å².